The van der Waals surface area contributed by atoms with Crippen LogP contribution in [0.1, 0.15) is 155 Å². The molecule has 0 aliphatic heterocycles. The van der Waals surface area contributed by atoms with Crippen LogP contribution in [0.25, 0.3) is 0 Å². The van der Waals surface area contributed by atoms with E-state index in [9.17, 15) is 44.9 Å². The van der Waals surface area contributed by atoms with Crippen molar-refractivity contribution in [1.82, 2.24) is 0 Å². The second-order valence-corrected chi connectivity index (χ2v) is 14.7. The molecule has 0 bridgehead atoms. The average molecular weight is 699 g/mol. The first-order valence-electron chi connectivity index (χ1n) is 18.4. The molecular weight excluding hydrogens is 631 g/mol. The van der Waals surface area contributed by atoms with E-state index in [1.807, 2.05) is 0 Å². The number of esters is 1. The summed E-state index contributed by atoms with van der Waals surface area (Å²) in [5, 5.41) is 58.7. The van der Waals surface area contributed by atoms with Gasteiger partial charge in [-0.15, -0.1) is 0 Å². The van der Waals surface area contributed by atoms with E-state index < -0.39 is 69.7 Å². The van der Waals surface area contributed by atoms with Gasteiger partial charge in [0.2, 0.25) is 0 Å². The Morgan fingerprint density at radius 2 is 0.915 bits per heavy atom. The molecule has 13 heteroatoms. The van der Waals surface area contributed by atoms with Gasteiger partial charge in [0.15, 0.2) is 0 Å². The third-order valence-corrected chi connectivity index (χ3v) is 9.91. The number of phosphoric ester groups is 1. The van der Waals surface area contributed by atoms with Gasteiger partial charge < -0.3 is 40.3 Å². The predicted octanol–water partition coefficient (Wildman–Crippen LogP) is 5.20. The first kappa shape index (κ1) is 44.4. The van der Waals surface area contributed by atoms with Gasteiger partial charge in [0, 0.05) is 6.42 Å². The van der Waals surface area contributed by atoms with Crippen molar-refractivity contribution in [3.05, 3.63) is 0 Å². The van der Waals surface area contributed by atoms with Gasteiger partial charge in [-0.1, -0.05) is 142 Å². The van der Waals surface area contributed by atoms with E-state index in [2.05, 4.69) is 16.0 Å². The maximum atomic E-state index is 12.2. The Kier molecular flexibility index (Phi) is 25.6. The minimum absolute atomic E-state index is 0.197. The van der Waals surface area contributed by atoms with E-state index in [0.717, 1.165) is 19.3 Å². The van der Waals surface area contributed by atoms with Crippen molar-refractivity contribution in [2.45, 2.75) is 197 Å². The highest BCUT2D eigenvalue weighted by atomic mass is 31.2. The lowest BCUT2D eigenvalue weighted by molar-refractivity contribution is -0.220. The van der Waals surface area contributed by atoms with E-state index in [-0.39, 0.29) is 6.42 Å². The summed E-state index contributed by atoms with van der Waals surface area (Å²) in [6, 6.07) is 0. The van der Waals surface area contributed by atoms with Gasteiger partial charge in [-0.25, -0.2) is 4.57 Å². The topological polar surface area (TPSA) is 203 Å². The number of unbranched alkanes of at least 4 members (excludes halogenated alkanes) is 21. The van der Waals surface area contributed by atoms with Crippen LogP contribution in [0.5, 0.6) is 0 Å². The molecule has 0 aromatic rings. The normalized spacial score (nSPS) is 25.0. The van der Waals surface area contributed by atoms with Crippen LogP contribution in [-0.4, -0.2) is 97.4 Å². The fraction of sp³-hybridized carbons (Fsp3) is 0.971. The highest BCUT2D eigenvalue weighted by Crippen LogP contribution is 2.47. The molecule has 1 fully saturated rings. The maximum Gasteiger partial charge on any atom is 0.472 e. The van der Waals surface area contributed by atoms with Crippen molar-refractivity contribution in [1.29, 1.82) is 0 Å². The summed E-state index contributed by atoms with van der Waals surface area (Å²) in [6.45, 7) is 1.02. The van der Waals surface area contributed by atoms with Crippen LogP contribution in [0.15, 0.2) is 0 Å². The smallest absolute Gasteiger partial charge is 0.463 e. The zero-order valence-corrected chi connectivity index (χ0v) is 29.7. The van der Waals surface area contributed by atoms with Crippen molar-refractivity contribution in [2.24, 2.45) is 0 Å². The minimum atomic E-state index is -4.99. The van der Waals surface area contributed by atoms with Crippen molar-refractivity contribution in [3.8, 4) is 0 Å². The van der Waals surface area contributed by atoms with Gasteiger partial charge in [0.1, 0.15) is 49.3 Å². The van der Waals surface area contributed by atoms with Gasteiger partial charge in [0.05, 0.1) is 6.61 Å². The Balaban J connectivity index is 1.93. The molecule has 0 aromatic carbocycles. The SMILES string of the molecule is CCCCCCCCCCCCCCCCCCCCCCCCC(=O)OCC(O)COP(=O)(O)OC1C(O)C(O)C(O)C(O)C1O. The Bertz CT molecular complexity index is 802. The summed E-state index contributed by atoms with van der Waals surface area (Å²) in [4.78, 5) is 21.8. The first-order valence-corrected chi connectivity index (χ1v) is 19.9. The van der Waals surface area contributed by atoms with Crippen LogP contribution in [0.3, 0.4) is 0 Å². The zero-order chi connectivity index (χ0) is 34.9. The number of phosphoric acid groups is 1. The number of hydrogen-bond acceptors (Lipinski definition) is 11. The summed E-state index contributed by atoms with van der Waals surface area (Å²) < 4.78 is 26.4. The lowest BCUT2D eigenvalue weighted by Gasteiger charge is -2.41. The molecule has 0 saturated heterocycles. The van der Waals surface area contributed by atoms with Gasteiger partial charge in [-0.2, -0.15) is 0 Å². The van der Waals surface area contributed by atoms with E-state index in [1.54, 1.807) is 0 Å². The van der Waals surface area contributed by atoms with Crippen LogP contribution in [0.4, 0.5) is 0 Å². The van der Waals surface area contributed by atoms with Crippen LogP contribution in [0.2, 0.25) is 0 Å². The Morgan fingerprint density at radius 3 is 1.30 bits per heavy atom. The molecule has 47 heavy (non-hydrogen) atoms. The van der Waals surface area contributed by atoms with Gasteiger partial charge in [0.25, 0.3) is 0 Å². The van der Waals surface area contributed by atoms with Crippen LogP contribution < -0.4 is 0 Å². The number of ether oxygens (including phenoxy) is 1. The zero-order valence-electron chi connectivity index (χ0n) is 28.8. The molecule has 0 amide bonds. The molecule has 0 radical (unpaired) electrons. The molecule has 6 atom stereocenters. The number of aliphatic hydroxyl groups excluding tert-OH is 6. The summed E-state index contributed by atoms with van der Waals surface area (Å²) >= 11 is 0. The summed E-state index contributed by atoms with van der Waals surface area (Å²) in [7, 11) is -4.99. The van der Waals surface area contributed by atoms with Crippen molar-refractivity contribution < 1.29 is 58.7 Å². The van der Waals surface area contributed by atoms with Crippen molar-refractivity contribution in [2.75, 3.05) is 13.2 Å². The molecule has 6 unspecified atom stereocenters. The van der Waals surface area contributed by atoms with E-state index in [1.165, 1.54) is 116 Å². The van der Waals surface area contributed by atoms with E-state index in [4.69, 9.17) is 4.74 Å². The Hall–Kier alpha value is -0.660. The van der Waals surface area contributed by atoms with Gasteiger partial charge in [-0.05, 0) is 6.42 Å². The lowest BCUT2D eigenvalue weighted by Crippen LogP contribution is -2.64. The molecule has 0 aromatic heterocycles. The standard InChI is InChI=1S/C34H67O12P/c1-2-3-4-5-6-7-8-9-10-11-12-13-14-15-16-17-18-19-20-21-22-23-24-28(36)44-25-27(35)26-45-47(42,43)46-34-32(40)30(38)29(37)31(39)33(34)41/h27,29-35,37-41H,2-26H2,1H3,(H,42,43). The Labute approximate surface area is 282 Å². The average Bonchev–Trinajstić information content (AvgIpc) is 3.05. The highest BCUT2D eigenvalue weighted by Gasteiger charge is 2.51. The van der Waals surface area contributed by atoms with Crippen molar-refractivity contribution >= 4 is 13.8 Å². The van der Waals surface area contributed by atoms with Gasteiger partial charge in [-0.3, -0.25) is 13.8 Å². The van der Waals surface area contributed by atoms with Crippen LogP contribution in [-0.2, 0) is 23.1 Å². The lowest BCUT2D eigenvalue weighted by atomic mass is 9.85. The molecule has 7 N–H and O–H groups in total. The molecule has 1 aliphatic carbocycles. The molecule has 12 nitrogen and oxygen atoms in total. The summed E-state index contributed by atoms with van der Waals surface area (Å²) in [5.41, 5.74) is 0. The van der Waals surface area contributed by atoms with Crippen molar-refractivity contribution in [3.63, 3.8) is 0 Å². The third-order valence-electron chi connectivity index (χ3n) is 8.93. The molecular formula is C34H67O12P. The number of carbonyl (C=O) groups is 1. The fourth-order valence-electron chi connectivity index (χ4n) is 5.87. The first-order chi connectivity index (χ1) is 22.5. The number of carbonyl (C=O) groups excluding carboxylic acids is 1. The molecule has 0 heterocycles. The second kappa shape index (κ2) is 27.1. The second-order valence-electron chi connectivity index (χ2n) is 13.3. The molecule has 0 spiro atoms. The number of hydrogen-bond donors (Lipinski definition) is 7. The predicted molar refractivity (Wildman–Crippen MR) is 180 cm³/mol. The summed E-state index contributed by atoms with van der Waals surface area (Å²) in [5.74, 6) is -0.504. The van der Waals surface area contributed by atoms with Gasteiger partial charge >= 0.3 is 13.8 Å². The minimum Gasteiger partial charge on any atom is -0.463 e. The Morgan fingerprint density at radius 1 is 0.574 bits per heavy atom. The van der Waals surface area contributed by atoms with E-state index >= 15 is 0 Å². The maximum absolute atomic E-state index is 12.2. The number of rotatable bonds is 30. The molecule has 1 aliphatic rings. The number of aliphatic hydroxyl groups is 6. The van der Waals surface area contributed by atoms with Crippen LogP contribution >= 0.6 is 7.82 Å². The highest BCUT2D eigenvalue weighted by molar-refractivity contribution is 7.47. The molecule has 1 saturated carbocycles. The summed E-state index contributed by atoms with van der Waals surface area (Å²) in [6.07, 6.45) is 15.3. The molecule has 1 rings (SSSR count). The quantitative estimate of drug-likeness (QED) is 0.0294. The molecule has 280 valence electrons. The fourth-order valence-corrected chi connectivity index (χ4v) is 6.85. The largest absolute Gasteiger partial charge is 0.472 e. The monoisotopic (exact) mass is 698 g/mol. The van der Waals surface area contributed by atoms with Crippen LogP contribution in [0, 0.1) is 0 Å². The third kappa shape index (κ3) is 21.2. The van der Waals surface area contributed by atoms with E-state index in [0.29, 0.717) is 6.42 Å².